The molecule has 0 amide bonds. The molecule has 1 aliphatic carbocycles. The van der Waals surface area contributed by atoms with Gasteiger partial charge >= 0.3 is 0 Å². The number of likely N-dealkylation sites (N-methyl/N-ethyl adjacent to an activating group) is 1. The van der Waals surface area contributed by atoms with E-state index in [0.29, 0.717) is 5.92 Å². The Hall–Kier alpha value is -0.800. The van der Waals surface area contributed by atoms with Crippen LogP contribution in [0, 0.1) is 11.8 Å². The van der Waals surface area contributed by atoms with Crippen LogP contribution in [0.2, 0.25) is 0 Å². The molecule has 1 fully saturated rings. The van der Waals surface area contributed by atoms with Gasteiger partial charge in [0.1, 0.15) is 0 Å². The average Bonchev–Trinajstić information content (AvgIpc) is 2.85. The lowest BCUT2D eigenvalue weighted by Gasteiger charge is -2.51. The lowest BCUT2D eigenvalue weighted by molar-refractivity contribution is 0.00129. The van der Waals surface area contributed by atoms with E-state index in [1.54, 1.807) is 6.26 Å². The molecule has 3 atom stereocenters. The van der Waals surface area contributed by atoms with Crippen molar-refractivity contribution < 1.29 is 4.42 Å². The van der Waals surface area contributed by atoms with Gasteiger partial charge in [-0.05, 0) is 31.4 Å². The number of furan rings is 1. The molecule has 0 aliphatic heterocycles. The van der Waals surface area contributed by atoms with Crippen LogP contribution in [-0.4, -0.2) is 24.0 Å². The zero-order chi connectivity index (χ0) is 13.2. The maximum absolute atomic E-state index is 6.16. The van der Waals surface area contributed by atoms with Gasteiger partial charge in [0, 0.05) is 24.2 Å². The highest BCUT2D eigenvalue weighted by atomic mass is 16.3. The zero-order valence-electron chi connectivity index (χ0n) is 11.9. The van der Waals surface area contributed by atoms with Gasteiger partial charge in [-0.25, -0.2) is 0 Å². The fraction of sp³-hybridized carbons (Fsp3) is 0.733. The third-order valence-electron chi connectivity index (χ3n) is 5.08. The molecule has 1 heterocycles. The highest BCUT2D eigenvalue weighted by Gasteiger charge is 2.43. The van der Waals surface area contributed by atoms with E-state index in [2.05, 4.69) is 25.8 Å². The second kappa shape index (κ2) is 5.45. The second-order valence-corrected chi connectivity index (χ2v) is 5.95. The summed E-state index contributed by atoms with van der Waals surface area (Å²) >= 11 is 0. The van der Waals surface area contributed by atoms with Crippen LogP contribution >= 0.6 is 0 Å². The van der Waals surface area contributed by atoms with E-state index < -0.39 is 0 Å². The van der Waals surface area contributed by atoms with Gasteiger partial charge in [0.25, 0.3) is 0 Å². The minimum absolute atomic E-state index is 0.148. The Kier molecular flexibility index (Phi) is 4.13. The summed E-state index contributed by atoms with van der Waals surface area (Å²) < 4.78 is 5.16. The average molecular weight is 250 g/mol. The van der Waals surface area contributed by atoms with Crippen molar-refractivity contribution in [3.05, 3.63) is 24.2 Å². The molecular formula is C15H26N2O. The van der Waals surface area contributed by atoms with Crippen molar-refractivity contribution in [2.75, 3.05) is 13.6 Å². The van der Waals surface area contributed by atoms with Gasteiger partial charge in [-0.15, -0.1) is 0 Å². The molecule has 3 unspecified atom stereocenters. The normalized spacial score (nSPS) is 32.9. The predicted molar refractivity (Wildman–Crippen MR) is 74.1 cm³/mol. The van der Waals surface area contributed by atoms with Crippen molar-refractivity contribution in [1.82, 2.24) is 4.90 Å². The number of rotatable bonds is 4. The first-order valence-electron chi connectivity index (χ1n) is 7.02. The first kappa shape index (κ1) is 13.6. The van der Waals surface area contributed by atoms with Gasteiger partial charge in [-0.3, -0.25) is 4.90 Å². The Balaban J connectivity index is 2.15. The number of hydrogen-bond acceptors (Lipinski definition) is 3. The first-order chi connectivity index (χ1) is 8.60. The van der Waals surface area contributed by atoms with E-state index in [4.69, 9.17) is 10.2 Å². The molecule has 2 rings (SSSR count). The van der Waals surface area contributed by atoms with Crippen molar-refractivity contribution in [1.29, 1.82) is 0 Å². The van der Waals surface area contributed by atoms with E-state index in [0.717, 1.165) is 19.0 Å². The molecule has 0 bridgehead atoms. The molecule has 0 radical (unpaired) electrons. The van der Waals surface area contributed by atoms with Crippen LogP contribution in [0.1, 0.15) is 38.7 Å². The summed E-state index contributed by atoms with van der Waals surface area (Å²) in [6.07, 6.45) is 7.41. The van der Waals surface area contributed by atoms with Gasteiger partial charge in [0.2, 0.25) is 0 Å². The van der Waals surface area contributed by atoms with E-state index in [1.807, 2.05) is 12.3 Å². The number of nitrogens with two attached hydrogens (primary N) is 1. The molecule has 3 nitrogen and oxygen atoms in total. The standard InChI is InChI=1S/C15H26N2O/c1-12-5-4-7-15(11-16,13(12)2)17(3)9-14-6-8-18-10-14/h6,8,10,12-13H,4-5,7,9,11,16H2,1-3H3. The van der Waals surface area contributed by atoms with Gasteiger partial charge in [-0.1, -0.05) is 26.7 Å². The van der Waals surface area contributed by atoms with Crippen molar-refractivity contribution >= 4 is 0 Å². The Morgan fingerprint density at radius 3 is 2.89 bits per heavy atom. The minimum Gasteiger partial charge on any atom is -0.472 e. The van der Waals surface area contributed by atoms with Crippen LogP contribution in [0.5, 0.6) is 0 Å². The summed E-state index contributed by atoms with van der Waals surface area (Å²) in [5, 5.41) is 0. The van der Waals surface area contributed by atoms with Crippen molar-refractivity contribution in [3.63, 3.8) is 0 Å². The molecule has 0 spiro atoms. The molecule has 0 aromatic carbocycles. The van der Waals surface area contributed by atoms with Crippen LogP contribution in [-0.2, 0) is 6.54 Å². The minimum atomic E-state index is 0.148. The molecule has 1 aromatic heterocycles. The van der Waals surface area contributed by atoms with Crippen molar-refractivity contribution in [3.8, 4) is 0 Å². The molecule has 1 aromatic rings. The van der Waals surface area contributed by atoms with Gasteiger partial charge in [0.15, 0.2) is 0 Å². The SMILES string of the molecule is CC1CCCC(CN)(N(C)Cc2ccoc2)C1C. The Bertz CT molecular complexity index is 363. The summed E-state index contributed by atoms with van der Waals surface area (Å²) in [7, 11) is 2.20. The van der Waals surface area contributed by atoms with E-state index in [1.165, 1.54) is 24.8 Å². The summed E-state index contributed by atoms with van der Waals surface area (Å²) in [6, 6.07) is 2.04. The molecule has 18 heavy (non-hydrogen) atoms. The van der Waals surface area contributed by atoms with Crippen molar-refractivity contribution in [2.24, 2.45) is 17.6 Å². The maximum atomic E-state index is 6.16. The molecule has 102 valence electrons. The Morgan fingerprint density at radius 1 is 1.50 bits per heavy atom. The van der Waals surface area contributed by atoms with Gasteiger partial charge in [-0.2, -0.15) is 0 Å². The Labute approximate surface area is 110 Å². The van der Waals surface area contributed by atoms with Crippen molar-refractivity contribution in [2.45, 2.75) is 45.2 Å². The third-order valence-corrected chi connectivity index (χ3v) is 5.08. The molecule has 0 saturated heterocycles. The number of hydrogen-bond donors (Lipinski definition) is 1. The summed E-state index contributed by atoms with van der Waals surface area (Å²) in [5.41, 5.74) is 7.54. The zero-order valence-corrected chi connectivity index (χ0v) is 11.9. The second-order valence-electron chi connectivity index (χ2n) is 5.95. The molecule has 1 saturated carbocycles. The molecule has 1 aliphatic rings. The lowest BCUT2D eigenvalue weighted by atomic mass is 9.67. The molecule has 2 N–H and O–H groups in total. The topological polar surface area (TPSA) is 42.4 Å². The smallest absolute Gasteiger partial charge is 0.0947 e. The van der Waals surface area contributed by atoms with E-state index in [-0.39, 0.29) is 5.54 Å². The fourth-order valence-corrected chi connectivity index (χ4v) is 3.53. The van der Waals surface area contributed by atoms with Gasteiger partial charge in [0.05, 0.1) is 12.5 Å². The first-order valence-corrected chi connectivity index (χ1v) is 7.02. The van der Waals surface area contributed by atoms with Crippen LogP contribution in [0.4, 0.5) is 0 Å². The fourth-order valence-electron chi connectivity index (χ4n) is 3.53. The predicted octanol–water partition coefficient (Wildman–Crippen LogP) is 2.87. The highest BCUT2D eigenvalue weighted by molar-refractivity contribution is 5.08. The monoisotopic (exact) mass is 250 g/mol. The van der Waals surface area contributed by atoms with E-state index in [9.17, 15) is 0 Å². The van der Waals surface area contributed by atoms with E-state index >= 15 is 0 Å². The van der Waals surface area contributed by atoms with Crippen LogP contribution in [0.15, 0.2) is 23.0 Å². The summed E-state index contributed by atoms with van der Waals surface area (Å²) in [6.45, 7) is 6.39. The summed E-state index contributed by atoms with van der Waals surface area (Å²) in [4.78, 5) is 2.44. The maximum Gasteiger partial charge on any atom is 0.0947 e. The Morgan fingerprint density at radius 2 is 2.28 bits per heavy atom. The largest absolute Gasteiger partial charge is 0.472 e. The van der Waals surface area contributed by atoms with Gasteiger partial charge < -0.3 is 10.2 Å². The molecular weight excluding hydrogens is 224 g/mol. The number of nitrogens with zero attached hydrogens (tertiary/aromatic N) is 1. The van der Waals surface area contributed by atoms with Crippen LogP contribution in [0.3, 0.4) is 0 Å². The summed E-state index contributed by atoms with van der Waals surface area (Å²) in [5.74, 6) is 1.40. The van der Waals surface area contributed by atoms with Crippen LogP contribution < -0.4 is 5.73 Å². The molecule has 3 heteroatoms. The third kappa shape index (κ3) is 2.34. The van der Waals surface area contributed by atoms with Crippen LogP contribution in [0.25, 0.3) is 0 Å². The highest BCUT2D eigenvalue weighted by Crippen LogP contribution is 2.41. The lowest BCUT2D eigenvalue weighted by Crippen LogP contribution is -2.59. The quantitative estimate of drug-likeness (QED) is 0.893.